The first-order chi connectivity index (χ1) is 8.66. The van der Waals surface area contributed by atoms with Gasteiger partial charge in [-0.1, -0.05) is 51.9 Å². The first-order valence-electron chi connectivity index (χ1n) is 6.79. The van der Waals surface area contributed by atoms with Crippen LogP contribution in [0.1, 0.15) is 63.9 Å². The number of hydrogen-bond acceptors (Lipinski definition) is 1. The summed E-state index contributed by atoms with van der Waals surface area (Å²) in [6.45, 7) is 2.27. The molecule has 104 valence electrons. The highest BCUT2D eigenvalue weighted by molar-refractivity contribution is 9.14. The van der Waals surface area contributed by atoms with E-state index < -0.39 is 0 Å². The molecule has 0 N–H and O–H groups in total. The Bertz CT molecular complexity index is 347. The molecule has 0 spiro atoms. The van der Waals surface area contributed by atoms with Gasteiger partial charge in [-0.2, -0.15) is 0 Å². The molecule has 1 aromatic heterocycles. The van der Waals surface area contributed by atoms with Crippen molar-refractivity contribution >= 4 is 59.1 Å². The number of unbranched alkanes of at least 4 members (excludes halogenated alkanes) is 7. The zero-order chi connectivity index (χ0) is 13.4. The van der Waals surface area contributed by atoms with E-state index in [1.165, 1.54) is 75.4 Å². The second kappa shape index (κ2) is 9.95. The second-order valence-electron chi connectivity index (χ2n) is 4.67. The zero-order valence-corrected chi connectivity index (χ0v) is 16.5. The molecule has 1 heterocycles. The molecule has 0 aliphatic carbocycles. The van der Waals surface area contributed by atoms with Gasteiger partial charge < -0.3 is 0 Å². The minimum atomic E-state index is 1.18. The maximum Gasteiger partial charge on any atom is 0.0855 e. The Morgan fingerprint density at radius 1 is 0.778 bits per heavy atom. The lowest BCUT2D eigenvalue weighted by Crippen LogP contribution is -1.86. The van der Waals surface area contributed by atoms with Crippen LogP contribution in [0.5, 0.6) is 0 Å². The lowest BCUT2D eigenvalue weighted by atomic mass is 10.1. The van der Waals surface area contributed by atoms with Crippen molar-refractivity contribution in [3.05, 3.63) is 17.6 Å². The van der Waals surface area contributed by atoms with Crippen LogP contribution in [0.4, 0.5) is 0 Å². The van der Waals surface area contributed by atoms with Crippen LogP contribution in [0.25, 0.3) is 0 Å². The maximum absolute atomic E-state index is 3.65. The van der Waals surface area contributed by atoms with Crippen LogP contribution in [0.3, 0.4) is 0 Å². The highest BCUT2D eigenvalue weighted by Gasteiger charge is 2.12. The number of hydrogen-bond donors (Lipinski definition) is 0. The molecule has 0 nitrogen and oxygen atoms in total. The summed E-state index contributed by atoms with van der Waals surface area (Å²) in [5.41, 5.74) is 1.43. The quantitative estimate of drug-likeness (QED) is 0.331. The van der Waals surface area contributed by atoms with Gasteiger partial charge in [0, 0.05) is 4.47 Å². The fourth-order valence-electron chi connectivity index (χ4n) is 2.03. The third-order valence-corrected chi connectivity index (χ3v) is 7.46. The summed E-state index contributed by atoms with van der Waals surface area (Å²) in [5.74, 6) is 0. The average molecular weight is 461 g/mol. The molecule has 0 atom stereocenters. The van der Waals surface area contributed by atoms with Gasteiger partial charge in [0.1, 0.15) is 0 Å². The van der Waals surface area contributed by atoms with Gasteiger partial charge >= 0.3 is 0 Å². The van der Waals surface area contributed by atoms with Crippen molar-refractivity contribution < 1.29 is 0 Å². The fraction of sp³-hybridized carbons (Fsp3) is 0.714. The average Bonchev–Trinajstić information content (AvgIpc) is 2.58. The Kier molecular flexibility index (Phi) is 9.51. The van der Waals surface area contributed by atoms with E-state index in [-0.39, 0.29) is 0 Å². The van der Waals surface area contributed by atoms with Crippen LogP contribution < -0.4 is 0 Å². The van der Waals surface area contributed by atoms with Gasteiger partial charge in [-0.3, -0.25) is 0 Å². The minimum Gasteiger partial charge on any atom is -0.120 e. The van der Waals surface area contributed by atoms with Crippen molar-refractivity contribution in [1.29, 1.82) is 0 Å². The molecule has 1 aromatic rings. The predicted octanol–water partition coefficient (Wildman–Crippen LogP) is 7.72. The molecule has 0 aliphatic rings. The molecule has 18 heavy (non-hydrogen) atoms. The lowest BCUT2D eigenvalue weighted by molar-refractivity contribution is 0.575. The van der Waals surface area contributed by atoms with Gasteiger partial charge in [0.05, 0.1) is 7.57 Å². The summed E-state index contributed by atoms with van der Waals surface area (Å²) in [4.78, 5) is 0. The van der Waals surface area contributed by atoms with E-state index in [2.05, 4.69) is 54.7 Å². The van der Waals surface area contributed by atoms with Gasteiger partial charge in [-0.05, 0) is 66.2 Å². The molecule has 0 radical (unpaired) electrons. The summed E-state index contributed by atoms with van der Waals surface area (Å²) in [7, 11) is 0. The van der Waals surface area contributed by atoms with Crippen LogP contribution in [0.15, 0.2) is 12.0 Å². The Morgan fingerprint density at radius 3 is 1.83 bits per heavy atom. The zero-order valence-electron chi connectivity index (χ0n) is 10.9. The van der Waals surface area contributed by atoms with Crippen molar-refractivity contribution in [3.8, 4) is 0 Å². The van der Waals surface area contributed by atoms with Crippen LogP contribution in [-0.4, -0.2) is 0 Å². The molecule has 0 saturated carbocycles. The van der Waals surface area contributed by atoms with Crippen LogP contribution in [0.2, 0.25) is 0 Å². The number of rotatable bonds is 9. The smallest absolute Gasteiger partial charge is 0.0855 e. The molecule has 0 amide bonds. The Morgan fingerprint density at radius 2 is 1.33 bits per heavy atom. The van der Waals surface area contributed by atoms with E-state index in [1.54, 1.807) is 11.3 Å². The Hall–Kier alpha value is 1.14. The molecule has 0 saturated heterocycles. The Labute approximate surface area is 140 Å². The maximum atomic E-state index is 3.65. The Balaban J connectivity index is 2.11. The molecular formula is C14H21Br3S. The largest absolute Gasteiger partial charge is 0.120 e. The molecule has 0 unspecified atom stereocenters. The first-order valence-corrected chi connectivity index (χ1v) is 9.98. The van der Waals surface area contributed by atoms with Gasteiger partial charge in [-0.25, -0.2) is 0 Å². The van der Waals surface area contributed by atoms with Crippen molar-refractivity contribution in [2.24, 2.45) is 0 Å². The number of thiophene rings is 1. The highest BCUT2D eigenvalue weighted by Crippen LogP contribution is 2.41. The van der Waals surface area contributed by atoms with Gasteiger partial charge in [0.2, 0.25) is 0 Å². The second-order valence-corrected chi connectivity index (χ2v) is 9.12. The normalized spacial score (nSPS) is 11.1. The SMILES string of the molecule is CCCCCCCCCCc1c(Br)sc(Br)c1Br. The lowest BCUT2D eigenvalue weighted by Gasteiger charge is -2.02. The van der Waals surface area contributed by atoms with Gasteiger partial charge in [-0.15, -0.1) is 11.3 Å². The van der Waals surface area contributed by atoms with E-state index in [9.17, 15) is 0 Å². The summed E-state index contributed by atoms with van der Waals surface area (Å²) >= 11 is 12.6. The van der Waals surface area contributed by atoms with Crippen molar-refractivity contribution in [3.63, 3.8) is 0 Å². The first kappa shape index (κ1) is 17.2. The summed E-state index contributed by atoms with van der Waals surface area (Å²) in [6, 6.07) is 0. The molecule has 1 rings (SSSR count). The summed E-state index contributed by atoms with van der Waals surface area (Å²) < 4.78 is 3.70. The molecular weight excluding hydrogens is 440 g/mol. The standard InChI is InChI=1S/C14H21Br3S/c1-2-3-4-5-6-7-8-9-10-11-12(15)14(17)18-13(11)16/h2-10H2,1H3. The molecule has 0 aromatic carbocycles. The van der Waals surface area contributed by atoms with E-state index in [0.29, 0.717) is 0 Å². The van der Waals surface area contributed by atoms with E-state index in [1.807, 2.05) is 0 Å². The third-order valence-electron chi connectivity index (χ3n) is 3.13. The van der Waals surface area contributed by atoms with Crippen LogP contribution >= 0.6 is 59.1 Å². The monoisotopic (exact) mass is 458 g/mol. The molecule has 0 bridgehead atoms. The van der Waals surface area contributed by atoms with Crippen molar-refractivity contribution in [2.75, 3.05) is 0 Å². The summed E-state index contributed by atoms with van der Waals surface area (Å²) in [6.07, 6.45) is 12.2. The van der Waals surface area contributed by atoms with Crippen LogP contribution in [0, 0.1) is 0 Å². The van der Waals surface area contributed by atoms with E-state index >= 15 is 0 Å². The van der Waals surface area contributed by atoms with E-state index in [4.69, 9.17) is 0 Å². The molecule has 4 heteroatoms. The van der Waals surface area contributed by atoms with Crippen molar-refractivity contribution in [2.45, 2.75) is 64.7 Å². The summed E-state index contributed by atoms with van der Waals surface area (Å²) in [5, 5.41) is 0. The third kappa shape index (κ3) is 6.06. The number of halogens is 3. The van der Waals surface area contributed by atoms with Gasteiger partial charge in [0.15, 0.2) is 0 Å². The van der Waals surface area contributed by atoms with Gasteiger partial charge in [0.25, 0.3) is 0 Å². The fourth-order valence-corrected chi connectivity index (χ4v) is 6.03. The minimum absolute atomic E-state index is 1.18. The van der Waals surface area contributed by atoms with Crippen LogP contribution in [-0.2, 0) is 6.42 Å². The molecule has 0 fully saturated rings. The molecule has 0 aliphatic heterocycles. The topological polar surface area (TPSA) is 0 Å². The highest BCUT2D eigenvalue weighted by atomic mass is 79.9. The predicted molar refractivity (Wildman–Crippen MR) is 93.7 cm³/mol. The van der Waals surface area contributed by atoms with Crippen molar-refractivity contribution in [1.82, 2.24) is 0 Å². The van der Waals surface area contributed by atoms with E-state index in [0.717, 1.165) is 0 Å².